The van der Waals surface area contributed by atoms with Crippen molar-refractivity contribution < 1.29 is 18.9 Å². The second-order valence-electron chi connectivity index (χ2n) is 10.3. The van der Waals surface area contributed by atoms with Crippen LogP contribution in [0.3, 0.4) is 0 Å². The summed E-state index contributed by atoms with van der Waals surface area (Å²) >= 11 is 10.2. The van der Waals surface area contributed by atoms with E-state index in [1.165, 1.54) is 6.40 Å². The SMILES string of the molecule is C=C(c1ccc(OC)c(OC)c1)c1cc(N(C)CCOCNc2cccc(-n3c(N=COc4ccccc4)n[nH]c3=S)c2)ccc1S. The molecule has 5 rings (SSSR count). The van der Waals surface area contributed by atoms with Gasteiger partial charge in [0.15, 0.2) is 17.9 Å². The van der Waals surface area contributed by atoms with Crippen molar-refractivity contribution in [2.45, 2.75) is 4.90 Å². The van der Waals surface area contributed by atoms with Gasteiger partial charge in [-0.1, -0.05) is 36.9 Å². The molecule has 0 saturated carbocycles. The van der Waals surface area contributed by atoms with Gasteiger partial charge >= 0.3 is 0 Å². The standard InChI is InChI=1S/C35H36N6O4S2/c1-24(25-13-15-31(42-3)32(19-25)43-4)30-21-27(14-16-33(30)46)40(2)17-18-44-22-36-26-9-8-10-28(20-26)41-34(38-39-35(41)47)37-23-45-29-11-6-5-7-12-29/h5-16,19-21,23,36,46H,1,17-18,22H2,2-4H3,(H,39,47). The molecule has 0 bridgehead atoms. The van der Waals surface area contributed by atoms with Gasteiger partial charge in [-0.15, -0.1) is 17.7 Å². The largest absolute Gasteiger partial charge is 0.493 e. The Labute approximate surface area is 284 Å². The molecule has 0 amide bonds. The Kier molecular flexibility index (Phi) is 11.3. The van der Waals surface area contributed by atoms with Crippen LogP contribution in [0.15, 0.2) is 107 Å². The Bertz CT molecular complexity index is 1910. The van der Waals surface area contributed by atoms with E-state index in [4.69, 9.17) is 43.8 Å². The Morgan fingerprint density at radius 2 is 1.83 bits per heavy atom. The Balaban J connectivity index is 1.15. The van der Waals surface area contributed by atoms with Gasteiger partial charge < -0.3 is 29.2 Å². The zero-order chi connectivity index (χ0) is 33.2. The highest BCUT2D eigenvalue weighted by molar-refractivity contribution is 7.80. The van der Waals surface area contributed by atoms with Gasteiger partial charge in [-0.05, 0) is 89.6 Å². The lowest BCUT2D eigenvalue weighted by Gasteiger charge is -2.21. The number of hydrogen-bond acceptors (Lipinski definition) is 10. The lowest BCUT2D eigenvalue weighted by molar-refractivity contribution is 0.159. The molecule has 0 aliphatic rings. The maximum absolute atomic E-state index is 5.92. The fourth-order valence-corrected chi connectivity index (χ4v) is 5.22. The molecule has 1 heterocycles. The Morgan fingerprint density at radius 1 is 1.02 bits per heavy atom. The number of aromatic amines is 1. The number of thiol groups is 1. The van der Waals surface area contributed by atoms with Gasteiger partial charge in [0, 0.05) is 29.9 Å². The fraction of sp³-hybridized carbons (Fsp3) is 0.171. The van der Waals surface area contributed by atoms with Crippen molar-refractivity contribution in [1.29, 1.82) is 0 Å². The highest BCUT2D eigenvalue weighted by Gasteiger charge is 2.13. The van der Waals surface area contributed by atoms with Crippen LogP contribution in [-0.4, -0.2) is 62.3 Å². The molecule has 0 saturated heterocycles. The van der Waals surface area contributed by atoms with Crippen molar-refractivity contribution in [3.63, 3.8) is 0 Å². The highest BCUT2D eigenvalue weighted by atomic mass is 32.1. The summed E-state index contributed by atoms with van der Waals surface area (Å²) in [6.07, 6.45) is 1.34. The lowest BCUT2D eigenvalue weighted by atomic mass is 9.98. The molecular formula is C35H36N6O4S2. The van der Waals surface area contributed by atoms with Crippen molar-refractivity contribution in [3.05, 3.63) is 113 Å². The van der Waals surface area contributed by atoms with Crippen LogP contribution < -0.4 is 24.4 Å². The molecule has 0 aliphatic heterocycles. The quantitative estimate of drug-likeness (QED) is 0.0263. The van der Waals surface area contributed by atoms with E-state index >= 15 is 0 Å². The smallest absolute Gasteiger partial charge is 0.256 e. The normalized spacial score (nSPS) is 11.0. The van der Waals surface area contributed by atoms with E-state index in [2.05, 4.69) is 38.1 Å². The number of aromatic nitrogens is 3. The summed E-state index contributed by atoms with van der Waals surface area (Å²) in [5.41, 5.74) is 5.36. The summed E-state index contributed by atoms with van der Waals surface area (Å²) in [4.78, 5) is 7.31. The molecule has 1 aromatic heterocycles. The number of rotatable bonds is 15. The number of ether oxygens (including phenoxy) is 4. The monoisotopic (exact) mass is 668 g/mol. The average Bonchev–Trinajstić information content (AvgIpc) is 3.47. The van der Waals surface area contributed by atoms with Crippen molar-refractivity contribution >= 4 is 54.1 Å². The number of para-hydroxylation sites is 1. The summed E-state index contributed by atoms with van der Waals surface area (Å²) in [5, 5.41) is 10.3. The topological polar surface area (TPSA) is 98.2 Å². The zero-order valence-corrected chi connectivity index (χ0v) is 28.1. The number of nitrogens with zero attached hydrogens (tertiary/aromatic N) is 4. The summed E-state index contributed by atoms with van der Waals surface area (Å²) < 4.78 is 24.5. The van der Waals surface area contributed by atoms with E-state index in [9.17, 15) is 0 Å². The first kappa shape index (κ1) is 33.3. The molecule has 4 aromatic carbocycles. The average molecular weight is 669 g/mol. The van der Waals surface area contributed by atoms with Gasteiger partial charge in [-0.2, -0.15) is 4.99 Å². The summed E-state index contributed by atoms with van der Waals surface area (Å²) in [6, 6.07) is 29.0. The number of aliphatic imine (C=N–C) groups is 1. The van der Waals surface area contributed by atoms with Crippen LogP contribution in [-0.2, 0) is 4.74 Å². The molecule has 0 atom stereocenters. The van der Waals surface area contributed by atoms with Crippen molar-refractivity contribution in [1.82, 2.24) is 14.8 Å². The molecule has 242 valence electrons. The first-order chi connectivity index (χ1) is 22.9. The van der Waals surface area contributed by atoms with E-state index in [1.54, 1.807) is 18.8 Å². The van der Waals surface area contributed by atoms with Gasteiger partial charge in [0.05, 0.1) is 26.5 Å². The van der Waals surface area contributed by atoms with Crippen LogP contribution >= 0.6 is 24.8 Å². The van der Waals surface area contributed by atoms with E-state index in [1.807, 2.05) is 92.0 Å². The van der Waals surface area contributed by atoms with Crippen LogP contribution in [0.2, 0.25) is 0 Å². The van der Waals surface area contributed by atoms with Crippen LogP contribution in [0.5, 0.6) is 17.2 Å². The number of nitrogens with one attached hydrogen (secondary N) is 2. The van der Waals surface area contributed by atoms with Gasteiger partial charge in [0.1, 0.15) is 12.5 Å². The highest BCUT2D eigenvalue weighted by Crippen LogP contribution is 2.35. The molecule has 10 nitrogen and oxygen atoms in total. The maximum Gasteiger partial charge on any atom is 0.256 e. The lowest BCUT2D eigenvalue weighted by Crippen LogP contribution is -2.23. The first-order valence-electron chi connectivity index (χ1n) is 14.7. The third-order valence-electron chi connectivity index (χ3n) is 7.29. The van der Waals surface area contributed by atoms with E-state index < -0.39 is 0 Å². The van der Waals surface area contributed by atoms with Gasteiger partial charge in [0.25, 0.3) is 5.95 Å². The van der Waals surface area contributed by atoms with Crippen molar-refractivity contribution in [2.24, 2.45) is 4.99 Å². The molecule has 0 radical (unpaired) electrons. The molecule has 47 heavy (non-hydrogen) atoms. The van der Waals surface area contributed by atoms with Gasteiger partial charge in [-0.3, -0.25) is 4.57 Å². The molecule has 0 spiro atoms. The molecule has 12 heteroatoms. The number of methoxy groups -OCH3 is 2. The second kappa shape index (κ2) is 16.0. The maximum atomic E-state index is 5.92. The minimum Gasteiger partial charge on any atom is -0.493 e. The summed E-state index contributed by atoms with van der Waals surface area (Å²) in [7, 11) is 5.26. The first-order valence-corrected chi connectivity index (χ1v) is 15.5. The number of anilines is 2. The molecule has 5 aromatic rings. The number of hydrogen-bond donors (Lipinski definition) is 3. The van der Waals surface area contributed by atoms with Crippen LogP contribution in [0, 0.1) is 4.77 Å². The third-order valence-corrected chi connectivity index (χ3v) is 7.95. The van der Waals surface area contributed by atoms with Crippen LogP contribution in [0.1, 0.15) is 11.1 Å². The number of likely N-dealkylation sites (N-methyl/N-ethyl adjacent to an activating group) is 1. The summed E-state index contributed by atoms with van der Waals surface area (Å²) in [5.74, 6) is 2.35. The zero-order valence-electron chi connectivity index (χ0n) is 26.3. The number of benzene rings is 4. The van der Waals surface area contributed by atoms with Crippen LogP contribution in [0.4, 0.5) is 17.3 Å². The fourth-order valence-electron chi connectivity index (χ4n) is 4.72. The van der Waals surface area contributed by atoms with Gasteiger partial charge in [-0.25, -0.2) is 5.10 Å². The van der Waals surface area contributed by atoms with Gasteiger partial charge in [0.2, 0.25) is 4.77 Å². The predicted octanol–water partition coefficient (Wildman–Crippen LogP) is 7.56. The molecule has 0 unspecified atom stereocenters. The summed E-state index contributed by atoms with van der Waals surface area (Å²) in [6.45, 7) is 5.84. The minimum absolute atomic E-state index is 0.320. The molecular weight excluding hydrogens is 633 g/mol. The van der Waals surface area contributed by atoms with E-state index in [-0.39, 0.29) is 0 Å². The van der Waals surface area contributed by atoms with Crippen LogP contribution in [0.25, 0.3) is 11.3 Å². The molecule has 2 N–H and O–H groups in total. The molecule has 0 fully saturated rings. The molecule has 0 aliphatic carbocycles. The predicted molar refractivity (Wildman–Crippen MR) is 193 cm³/mol. The van der Waals surface area contributed by atoms with E-state index in [0.29, 0.717) is 47.9 Å². The Morgan fingerprint density at radius 3 is 2.62 bits per heavy atom. The Hall–Kier alpha value is -5.04. The van der Waals surface area contributed by atoms with E-state index in [0.717, 1.165) is 38.7 Å². The van der Waals surface area contributed by atoms with Crippen molar-refractivity contribution in [2.75, 3.05) is 51.4 Å². The second-order valence-corrected chi connectivity index (χ2v) is 11.1. The minimum atomic E-state index is 0.320. The van der Waals surface area contributed by atoms with Crippen molar-refractivity contribution in [3.8, 4) is 22.9 Å². The third kappa shape index (κ3) is 8.41. The number of H-pyrrole nitrogens is 1.